The molecule has 2 aromatic rings. The average Bonchev–Trinajstić information content (AvgIpc) is 2.56. The lowest BCUT2D eigenvalue weighted by Gasteiger charge is -2.42. The maximum absolute atomic E-state index is 12.5. The second-order valence-electron chi connectivity index (χ2n) is 6.82. The van der Waals surface area contributed by atoms with Crippen molar-refractivity contribution in [2.45, 2.75) is 18.9 Å². The van der Waals surface area contributed by atoms with Crippen molar-refractivity contribution >= 4 is 21.7 Å². The van der Waals surface area contributed by atoms with Crippen molar-refractivity contribution in [2.75, 3.05) is 19.6 Å². The van der Waals surface area contributed by atoms with Gasteiger partial charge in [-0.05, 0) is 30.5 Å². The third-order valence-electron chi connectivity index (χ3n) is 5.09. The molecular weight excluding hydrogens is 368 g/mol. The second-order valence-corrected chi connectivity index (χ2v) is 7.74. The fourth-order valence-corrected chi connectivity index (χ4v) is 4.32. The summed E-state index contributed by atoms with van der Waals surface area (Å²) in [5, 5.41) is 0. The zero-order chi connectivity index (χ0) is 16.7. The van der Waals surface area contributed by atoms with Crippen molar-refractivity contribution in [3.05, 3.63) is 68.5 Å². The van der Waals surface area contributed by atoms with Gasteiger partial charge in [-0.3, -0.25) is 14.5 Å². The zero-order valence-electron chi connectivity index (χ0n) is 13.3. The largest absolute Gasteiger partial charge is 0.312 e. The second kappa shape index (κ2) is 6.30. The van der Waals surface area contributed by atoms with Gasteiger partial charge in [0.2, 0.25) is 0 Å². The number of aromatic nitrogens is 1. The summed E-state index contributed by atoms with van der Waals surface area (Å²) >= 11 is 3.40. The predicted octanol–water partition coefficient (Wildman–Crippen LogP) is 2.91. The van der Waals surface area contributed by atoms with Gasteiger partial charge < -0.3 is 4.57 Å². The van der Waals surface area contributed by atoms with Crippen LogP contribution >= 0.6 is 15.9 Å². The molecule has 0 amide bonds. The highest BCUT2D eigenvalue weighted by atomic mass is 79.9. The van der Waals surface area contributed by atoms with Gasteiger partial charge in [0.25, 0.3) is 5.56 Å². The standard InChI is InChI=1S/C19H19BrN2O2/c20-16-6-4-14(5-7-16)18(23)12-21-9-13-8-15(11-21)17-2-1-3-19(24)22(17)10-13/h1-7,13,15H,8-12H2/t13-,15+/m1/s1. The number of pyridine rings is 1. The van der Waals surface area contributed by atoms with Crippen LogP contribution in [0.1, 0.15) is 28.4 Å². The van der Waals surface area contributed by atoms with E-state index in [1.165, 1.54) is 0 Å². The van der Waals surface area contributed by atoms with E-state index < -0.39 is 0 Å². The molecule has 5 heteroatoms. The number of likely N-dealkylation sites (tertiary alicyclic amines) is 1. The quantitative estimate of drug-likeness (QED) is 0.761. The maximum Gasteiger partial charge on any atom is 0.250 e. The smallest absolute Gasteiger partial charge is 0.250 e. The SMILES string of the molecule is O=C(CN1C[C@H]2C[C@@H](C1)c1cccc(=O)n1C2)c1ccc(Br)cc1. The van der Waals surface area contributed by atoms with E-state index >= 15 is 0 Å². The number of hydrogen-bond donors (Lipinski definition) is 0. The summed E-state index contributed by atoms with van der Waals surface area (Å²) in [4.78, 5) is 26.8. The number of Topliss-reactive ketones (excluding diaryl/α,β-unsaturated/α-hetero) is 1. The molecular formula is C19H19BrN2O2. The van der Waals surface area contributed by atoms with Gasteiger partial charge in [-0.1, -0.05) is 34.1 Å². The first-order valence-electron chi connectivity index (χ1n) is 8.31. The third kappa shape index (κ3) is 2.98. The minimum absolute atomic E-state index is 0.0987. The van der Waals surface area contributed by atoms with Gasteiger partial charge in [0.1, 0.15) is 0 Å². The Kier molecular flexibility index (Phi) is 4.14. The number of carbonyl (C=O) groups is 1. The number of nitrogens with zero attached hydrogens (tertiary/aromatic N) is 2. The van der Waals surface area contributed by atoms with Crippen LogP contribution in [0.3, 0.4) is 0 Å². The van der Waals surface area contributed by atoms with Gasteiger partial charge in [0, 0.05) is 47.3 Å². The molecule has 0 aliphatic carbocycles. The lowest BCUT2D eigenvalue weighted by Crippen LogP contribution is -2.48. The predicted molar refractivity (Wildman–Crippen MR) is 96.5 cm³/mol. The Bertz CT molecular complexity index is 828. The van der Waals surface area contributed by atoms with Crippen LogP contribution in [0.15, 0.2) is 51.7 Å². The van der Waals surface area contributed by atoms with E-state index in [0.717, 1.165) is 41.8 Å². The van der Waals surface area contributed by atoms with Crippen molar-refractivity contribution < 1.29 is 4.79 Å². The average molecular weight is 387 g/mol. The van der Waals surface area contributed by atoms with Gasteiger partial charge in [0.05, 0.1) is 6.54 Å². The van der Waals surface area contributed by atoms with E-state index in [1.807, 2.05) is 34.9 Å². The van der Waals surface area contributed by atoms with Gasteiger partial charge in [0.15, 0.2) is 5.78 Å². The van der Waals surface area contributed by atoms with Gasteiger partial charge in [-0.15, -0.1) is 0 Å². The van der Waals surface area contributed by atoms with Crippen LogP contribution in [0.5, 0.6) is 0 Å². The first-order valence-corrected chi connectivity index (χ1v) is 9.10. The fourth-order valence-electron chi connectivity index (χ4n) is 4.05. The minimum atomic E-state index is 0.0987. The number of hydrogen-bond acceptors (Lipinski definition) is 3. The summed E-state index contributed by atoms with van der Waals surface area (Å²) in [5.74, 6) is 0.964. The van der Waals surface area contributed by atoms with Crippen LogP contribution in [-0.4, -0.2) is 34.9 Å². The molecule has 24 heavy (non-hydrogen) atoms. The molecule has 0 unspecified atom stereocenters. The van der Waals surface area contributed by atoms with Crippen LogP contribution < -0.4 is 5.56 Å². The van der Waals surface area contributed by atoms with Crippen LogP contribution in [0.4, 0.5) is 0 Å². The maximum atomic E-state index is 12.5. The Balaban J connectivity index is 1.51. The van der Waals surface area contributed by atoms with Crippen molar-refractivity contribution in [3.63, 3.8) is 0 Å². The highest BCUT2D eigenvalue weighted by molar-refractivity contribution is 9.10. The first-order chi connectivity index (χ1) is 11.6. The molecule has 4 nitrogen and oxygen atoms in total. The molecule has 1 saturated heterocycles. The Morgan fingerprint density at radius 2 is 1.88 bits per heavy atom. The molecule has 0 spiro atoms. The van der Waals surface area contributed by atoms with E-state index in [9.17, 15) is 9.59 Å². The van der Waals surface area contributed by atoms with Gasteiger partial charge >= 0.3 is 0 Å². The highest BCUT2D eigenvalue weighted by Crippen LogP contribution is 2.34. The van der Waals surface area contributed by atoms with Crippen molar-refractivity contribution in [3.8, 4) is 0 Å². The minimum Gasteiger partial charge on any atom is -0.312 e. The zero-order valence-corrected chi connectivity index (χ0v) is 14.9. The van der Waals surface area contributed by atoms with Crippen LogP contribution in [0.2, 0.25) is 0 Å². The van der Waals surface area contributed by atoms with Crippen molar-refractivity contribution in [2.24, 2.45) is 5.92 Å². The van der Waals surface area contributed by atoms with Crippen LogP contribution in [-0.2, 0) is 6.54 Å². The summed E-state index contributed by atoms with van der Waals surface area (Å²) in [6.45, 7) is 2.96. The lowest BCUT2D eigenvalue weighted by molar-refractivity contribution is 0.0817. The Labute approximate surface area is 149 Å². The topological polar surface area (TPSA) is 42.3 Å². The monoisotopic (exact) mass is 386 g/mol. The lowest BCUT2D eigenvalue weighted by atomic mass is 9.83. The molecule has 1 aromatic carbocycles. The number of fused-ring (bicyclic) bond motifs is 4. The van der Waals surface area contributed by atoms with Crippen molar-refractivity contribution in [1.82, 2.24) is 9.47 Å². The van der Waals surface area contributed by atoms with Crippen LogP contribution in [0.25, 0.3) is 0 Å². The molecule has 4 rings (SSSR count). The summed E-state index contributed by atoms with van der Waals surface area (Å²) in [7, 11) is 0. The Morgan fingerprint density at radius 1 is 1.08 bits per heavy atom. The number of piperidine rings is 1. The molecule has 0 saturated carbocycles. The van der Waals surface area contributed by atoms with E-state index in [-0.39, 0.29) is 11.3 Å². The molecule has 3 heterocycles. The number of halogens is 1. The van der Waals surface area contributed by atoms with Crippen molar-refractivity contribution in [1.29, 1.82) is 0 Å². The number of carbonyl (C=O) groups excluding carboxylic acids is 1. The molecule has 124 valence electrons. The third-order valence-corrected chi connectivity index (χ3v) is 5.62. The first kappa shape index (κ1) is 15.8. The highest BCUT2D eigenvalue weighted by Gasteiger charge is 2.34. The summed E-state index contributed by atoms with van der Waals surface area (Å²) < 4.78 is 2.90. The molecule has 1 aromatic heterocycles. The molecule has 1 fully saturated rings. The molecule has 0 N–H and O–H groups in total. The van der Waals surface area contributed by atoms with Gasteiger partial charge in [-0.25, -0.2) is 0 Å². The van der Waals surface area contributed by atoms with E-state index in [0.29, 0.717) is 18.4 Å². The molecule has 0 radical (unpaired) electrons. The van der Waals surface area contributed by atoms with E-state index in [4.69, 9.17) is 0 Å². The van der Waals surface area contributed by atoms with E-state index in [1.54, 1.807) is 6.07 Å². The number of ketones is 1. The summed E-state index contributed by atoms with van der Waals surface area (Å²) in [6.07, 6.45) is 1.12. The summed E-state index contributed by atoms with van der Waals surface area (Å²) in [6, 6.07) is 13.1. The van der Waals surface area contributed by atoms with Gasteiger partial charge in [-0.2, -0.15) is 0 Å². The van der Waals surface area contributed by atoms with Crippen LogP contribution in [0, 0.1) is 5.92 Å². The van der Waals surface area contributed by atoms with E-state index in [2.05, 4.69) is 26.9 Å². The fraction of sp³-hybridized carbons (Fsp3) is 0.368. The molecule has 2 aliphatic rings. The number of benzene rings is 1. The molecule has 2 atom stereocenters. The summed E-state index contributed by atoms with van der Waals surface area (Å²) in [5.41, 5.74) is 1.98. The number of rotatable bonds is 3. The molecule has 2 aliphatic heterocycles. The Morgan fingerprint density at radius 3 is 2.67 bits per heavy atom. The normalized spacial score (nSPS) is 22.9. The molecule has 2 bridgehead atoms. The Hall–Kier alpha value is -1.72.